The van der Waals surface area contributed by atoms with Crippen LogP contribution in [0.2, 0.25) is 0 Å². The lowest BCUT2D eigenvalue weighted by Gasteiger charge is -2.32. The van der Waals surface area contributed by atoms with Gasteiger partial charge in [0, 0.05) is 23.4 Å². The number of benzene rings is 1. The molecule has 1 aromatic heterocycles. The average molecular weight is 368 g/mol. The number of aromatic nitrogens is 1. The summed E-state index contributed by atoms with van der Waals surface area (Å²) in [5.74, 6) is -0.353. The summed E-state index contributed by atoms with van der Waals surface area (Å²) >= 11 is 0. The third-order valence-corrected chi connectivity index (χ3v) is 4.65. The highest BCUT2D eigenvalue weighted by atomic mass is 16.5. The van der Waals surface area contributed by atoms with E-state index in [0.29, 0.717) is 35.5 Å². The number of imide groups is 1. The first kappa shape index (κ1) is 18.6. The fourth-order valence-corrected chi connectivity index (χ4v) is 3.41. The van der Waals surface area contributed by atoms with E-state index in [9.17, 15) is 19.2 Å². The number of hydrogen-bond donors (Lipinski definition) is 1. The molecule has 0 saturated heterocycles. The Morgan fingerprint density at radius 3 is 2.44 bits per heavy atom. The van der Waals surface area contributed by atoms with Gasteiger partial charge in [0.15, 0.2) is 5.78 Å². The molecule has 1 N–H and O–H groups in total. The molecule has 2 amide bonds. The van der Waals surface area contributed by atoms with Crippen molar-refractivity contribution in [2.24, 2.45) is 5.41 Å². The van der Waals surface area contributed by atoms with Crippen LogP contribution < -0.4 is 15.6 Å². The van der Waals surface area contributed by atoms with E-state index in [1.54, 1.807) is 24.3 Å². The molecular formula is C20H20N2O5. The zero-order valence-electron chi connectivity index (χ0n) is 15.4. The molecule has 7 heteroatoms. The van der Waals surface area contributed by atoms with Crippen molar-refractivity contribution >= 4 is 18.1 Å². The maximum absolute atomic E-state index is 13.1. The van der Waals surface area contributed by atoms with Gasteiger partial charge in [-0.25, -0.2) is 0 Å². The zero-order valence-corrected chi connectivity index (χ0v) is 15.4. The fourth-order valence-electron chi connectivity index (χ4n) is 3.41. The number of fused-ring (bicyclic) bond motifs is 1. The highest BCUT2D eigenvalue weighted by Gasteiger charge is 2.35. The molecule has 1 heterocycles. The maximum atomic E-state index is 13.1. The van der Waals surface area contributed by atoms with E-state index in [1.165, 1.54) is 17.7 Å². The lowest BCUT2D eigenvalue weighted by atomic mass is 9.75. The minimum Gasteiger partial charge on any atom is -0.497 e. The van der Waals surface area contributed by atoms with Gasteiger partial charge >= 0.3 is 0 Å². The van der Waals surface area contributed by atoms with Crippen molar-refractivity contribution in [3.63, 3.8) is 0 Å². The number of ether oxygens (including phenoxy) is 1. The summed E-state index contributed by atoms with van der Waals surface area (Å²) in [6.07, 6.45) is 1.03. The second kappa shape index (κ2) is 6.83. The molecule has 0 saturated carbocycles. The molecule has 1 aliphatic carbocycles. The lowest BCUT2D eigenvalue weighted by Crippen LogP contribution is -2.38. The number of methoxy groups -OCH3 is 1. The number of nitrogens with one attached hydrogen (secondary N) is 1. The predicted molar refractivity (Wildman–Crippen MR) is 98.6 cm³/mol. The van der Waals surface area contributed by atoms with Gasteiger partial charge in [-0.1, -0.05) is 13.8 Å². The predicted octanol–water partition coefficient (Wildman–Crippen LogP) is 1.89. The topological polar surface area (TPSA) is 94.5 Å². The van der Waals surface area contributed by atoms with Crippen LogP contribution in [0.5, 0.6) is 5.75 Å². The highest BCUT2D eigenvalue weighted by Crippen LogP contribution is 2.35. The fraction of sp³-hybridized carbons (Fsp3) is 0.300. The first-order valence-electron chi connectivity index (χ1n) is 8.48. The van der Waals surface area contributed by atoms with Crippen molar-refractivity contribution in [1.82, 2.24) is 9.88 Å². The van der Waals surface area contributed by atoms with Gasteiger partial charge in [0.05, 0.1) is 7.11 Å². The molecule has 1 aliphatic rings. The second-order valence-electron chi connectivity index (χ2n) is 7.29. The molecule has 0 radical (unpaired) electrons. The van der Waals surface area contributed by atoms with Crippen LogP contribution >= 0.6 is 0 Å². The summed E-state index contributed by atoms with van der Waals surface area (Å²) in [6.45, 7) is 3.92. The number of carbonyl (C=O) groups is 3. The Kier molecular flexibility index (Phi) is 4.70. The van der Waals surface area contributed by atoms with Crippen LogP contribution in [-0.4, -0.2) is 29.8 Å². The molecular weight excluding hydrogens is 348 g/mol. The smallest absolute Gasteiger partial charge is 0.268 e. The van der Waals surface area contributed by atoms with Crippen LogP contribution in [0.4, 0.5) is 0 Å². The summed E-state index contributed by atoms with van der Waals surface area (Å²) in [4.78, 5) is 48.6. The van der Waals surface area contributed by atoms with E-state index in [-0.39, 0.29) is 23.2 Å². The third-order valence-electron chi connectivity index (χ3n) is 4.65. The molecule has 0 spiro atoms. The Labute approximate surface area is 156 Å². The van der Waals surface area contributed by atoms with Gasteiger partial charge in [-0.3, -0.25) is 29.1 Å². The van der Waals surface area contributed by atoms with E-state index < -0.39 is 11.5 Å². The van der Waals surface area contributed by atoms with Gasteiger partial charge in [0.25, 0.3) is 11.5 Å². The van der Waals surface area contributed by atoms with Crippen LogP contribution in [-0.2, 0) is 11.2 Å². The van der Waals surface area contributed by atoms with Gasteiger partial charge in [-0.05, 0) is 42.2 Å². The van der Waals surface area contributed by atoms with Crippen molar-refractivity contribution in [1.29, 1.82) is 0 Å². The standard InChI is InChI=1S/C20H20N2O5/c1-20(2)9-16-14(17(24)10-20)8-15(18(25)21-11-23)19(26)22(16)12-4-6-13(27-3)7-5-12/h4-8,11H,9-10H2,1-3H3,(H,21,23,25). The number of pyridine rings is 1. The summed E-state index contributed by atoms with van der Waals surface area (Å²) < 4.78 is 6.53. The van der Waals surface area contributed by atoms with Crippen LogP contribution in [0.25, 0.3) is 5.69 Å². The average Bonchev–Trinajstić information content (AvgIpc) is 2.61. The van der Waals surface area contributed by atoms with Crippen molar-refractivity contribution in [3.05, 3.63) is 57.5 Å². The Morgan fingerprint density at radius 1 is 1.19 bits per heavy atom. The molecule has 7 nitrogen and oxygen atoms in total. The Morgan fingerprint density at radius 2 is 1.85 bits per heavy atom. The number of ketones is 1. The first-order chi connectivity index (χ1) is 12.8. The number of rotatable bonds is 4. The van der Waals surface area contributed by atoms with Gasteiger partial charge in [-0.2, -0.15) is 0 Å². The maximum Gasteiger partial charge on any atom is 0.268 e. The Bertz CT molecular complexity index is 987. The van der Waals surface area contributed by atoms with E-state index in [1.807, 2.05) is 19.2 Å². The minimum atomic E-state index is -0.835. The van der Waals surface area contributed by atoms with Gasteiger partial charge < -0.3 is 4.74 Å². The van der Waals surface area contributed by atoms with Crippen LogP contribution in [0, 0.1) is 5.41 Å². The Hall–Kier alpha value is -3.22. The monoisotopic (exact) mass is 368 g/mol. The molecule has 0 fully saturated rings. The third kappa shape index (κ3) is 3.40. The van der Waals surface area contributed by atoms with Crippen molar-refractivity contribution < 1.29 is 19.1 Å². The van der Waals surface area contributed by atoms with Crippen LogP contribution in [0.1, 0.15) is 46.7 Å². The largest absolute Gasteiger partial charge is 0.497 e. The number of amides is 2. The highest BCUT2D eigenvalue weighted by molar-refractivity contribution is 6.04. The zero-order chi connectivity index (χ0) is 19.8. The quantitative estimate of drug-likeness (QED) is 0.832. The van der Waals surface area contributed by atoms with E-state index in [4.69, 9.17) is 4.74 Å². The Balaban J connectivity index is 2.31. The molecule has 2 aromatic rings. The molecule has 0 atom stereocenters. The van der Waals surface area contributed by atoms with Gasteiger partial charge in [0.1, 0.15) is 11.3 Å². The van der Waals surface area contributed by atoms with Crippen molar-refractivity contribution in [2.45, 2.75) is 26.7 Å². The van der Waals surface area contributed by atoms with Crippen LogP contribution in [0.15, 0.2) is 35.1 Å². The summed E-state index contributed by atoms with van der Waals surface area (Å²) in [7, 11) is 1.54. The van der Waals surface area contributed by atoms with Crippen LogP contribution in [0.3, 0.4) is 0 Å². The van der Waals surface area contributed by atoms with Crippen molar-refractivity contribution in [2.75, 3.05) is 7.11 Å². The summed E-state index contributed by atoms with van der Waals surface area (Å²) in [5.41, 5.74) is 0.281. The number of nitrogens with zero attached hydrogens (tertiary/aromatic N) is 1. The van der Waals surface area contributed by atoms with Crippen molar-refractivity contribution in [3.8, 4) is 11.4 Å². The summed E-state index contributed by atoms with van der Waals surface area (Å²) in [6, 6.07) is 8.07. The first-order valence-corrected chi connectivity index (χ1v) is 8.48. The lowest BCUT2D eigenvalue weighted by molar-refractivity contribution is -0.108. The molecule has 0 aliphatic heterocycles. The molecule has 0 unspecified atom stereocenters. The number of hydrogen-bond acceptors (Lipinski definition) is 5. The minimum absolute atomic E-state index is 0.135. The molecule has 27 heavy (non-hydrogen) atoms. The number of Topliss-reactive ketones (excluding diaryl/α,β-unsaturated/α-hetero) is 1. The second-order valence-corrected chi connectivity index (χ2v) is 7.29. The van der Waals surface area contributed by atoms with E-state index >= 15 is 0 Å². The van der Waals surface area contributed by atoms with E-state index in [2.05, 4.69) is 0 Å². The molecule has 0 bridgehead atoms. The molecule has 1 aromatic carbocycles. The number of carbonyl (C=O) groups excluding carboxylic acids is 3. The van der Waals surface area contributed by atoms with Gasteiger partial charge in [-0.15, -0.1) is 0 Å². The SMILES string of the molecule is COc1ccc(-n2c3c(cc(C(=O)NC=O)c2=O)C(=O)CC(C)(C)C3)cc1. The van der Waals surface area contributed by atoms with Gasteiger partial charge in [0.2, 0.25) is 6.41 Å². The summed E-state index contributed by atoms with van der Waals surface area (Å²) in [5, 5.41) is 1.97. The molecule has 3 rings (SSSR count). The molecule has 140 valence electrons. The normalized spacial score (nSPS) is 15.0. The van der Waals surface area contributed by atoms with E-state index in [0.717, 1.165) is 0 Å².